The minimum atomic E-state index is -3.91. The number of likely N-dealkylation sites (N-methyl/N-ethyl adjacent to an activating group) is 2. The van der Waals surface area contributed by atoms with Crippen LogP contribution < -0.4 is 9.62 Å². The molecule has 0 saturated carbocycles. The molecule has 0 bridgehead atoms. The second-order valence-electron chi connectivity index (χ2n) is 10.3. The Balaban J connectivity index is 1.54. The molecule has 226 valence electrons. The summed E-state index contributed by atoms with van der Waals surface area (Å²) in [6.07, 6.45) is 0. The number of para-hydroxylation sites is 1. The Labute approximate surface area is 257 Å². The van der Waals surface area contributed by atoms with Crippen LogP contribution in [0.1, 0.15) is 25.0 Å². The molecule has 3 N–H and O–H groups in total. The number of nitrogens with zero attached hydrogens (tertiary/aromatic N) is 3. The van der Waals surface area contributed by atoms with Gasteiger partial charge >= 0.3 is 0 Å². The minimum absolute atomic E-state index is 0.00819. The topological polar surface area (TPSA) is 118 Å². The predicted molar refractivity (Wildman–Crippen MR) is 177 cm³/mol. The molecule has 5 rings (SSSR count). The number of aromatic nitrogens is 1. The third kappa shape index (κ3) is 6.66. The Morgan fingerprint density at radius 3 is 2.16 bits per heavy atom. The number of fused-ring (bicyclic) bond motifs is 1. The molecule has 0 aliphatic carbocycles. The van der Waals surface area contributed by atoms with Crippen LogP contribution in [0.4, 0.5) is 17.1 Å². The third-order valence-electron chi connectivity index (χ3n) is 7.48. The van der Waals surface area contributed by atoms with Gasteiger partial charge in [-0.3, -0.25) is 14.4 Å². The van der Waals surface area contributed by atoms with Crippen LogP contribution in [0.25, 0.3) is 10.9 Å². The van der Waals surface area contributed by atoms with Crippen molar-refractivity contribution < 1.29 is 18.3 Å². The molecule has 1 amide bonds. The van der Waals surface area contributed by atoms with Crippen molar-refractivity contribution in [3.05, 3.63) is 114 Å². The zero-order chi connectivity index (χ0) is 31.3. The van der Waals surface area contributed by atoms with Crippen LogP contribution in [0.5, 0.6) is 5.88 Å². The van der Waals surface area contributed by atoms with Gasteiger partial charge in [-0.05, 0) is 67.7 Å². The second kappa shape index (κ2) is 13.2. The monoisotopic (exact) mass is 609 g/mol. The van der Waals surface area contributed by atoms with Crippen LogP contribution in [0.15, 0.2) is 113 Å². The highest BCUT2D eigenvalue weighted by Gasteiger charge is 2.22. The summed E-state index contributed by atoms with van der Waals surface area (Å²) < 4.78 is 29.2. The van der Waals surface area contributed by atoms with Gasteiger partial charge in [-0.2, -0.15) is 0 Å². The van der Waals surface area contributed by atoms with E-state index in [1.807, 2.05) is 74.5 Å². The molecule has 10 heteroatoms. The van der Waals surface area contributed by atoms with Crippen LogP contribution in [-0.2, 0) is 14.8 Å². The Morgan fingerprint density at radius 2 is 1.52 bits per heavy atom. The van der Waals surface area contributed by atoms with Gasteiger partial charge in [0, 0.05) is 34.9 Å². The molecule has 0 unspecified atom stereocenters. The molecule has 0 spiro atoms. The Bertz CT molecular complexity index is 1880. The number of anilines is 2. The van der Waals surface area contributed by atoms with E-state index < -0.39 is 10.0 Å². The van der Waals surface area contributed by atoms with Crippen molar-refractivity contribution in [1.29, 1.82) is 0 Å². The molecule has 0 aliphatic heterocycles. The molecule has 4 aromatic carbocycles. The van der Waals surface area contributed by atoms with Crippen molar-refractivity contribution >= 4 is 49.6 Å². The molecule has 0 aliphatic rings. The SMILES string of the molecule is CCN(CC)CC(=O)N(C)c1ccc(N=C(c2ccccc2)c2c(O)[nH]c3ccc(S(=O)(=O)Nc4ccccc4)cc23)cc1. The molecule has 5 aromatic rings. The van der Waals surface area contributed by atoms with Gasteiger partial charge in [0.25, 0.3) is 10.0 Å². The number of amides is 1. The molecule has 0 fully saturated rings. The smallest absolute Gasteiger partial charge is 0.261 e. The fourth-order valence-electron chi connectivity index (χ4n) is 4.91. The number of hydrogen-bond donors (Lipinski definition) is 3. The van der Waals surface area contributed by atoms with Gasteiger partial charge < -0.3 is 15.0 Å². The molecule has 0 saturated heterocycles. The first-order chi connectivity index (χ1) is 21.2. The maximum atomic E-state index is 13.3. The summed E-state index contributed by atoms with van der Waals surface area (Å²) in [5.41, 5.74) is 3.90. The van der Waals surface area contributed by atoms with Crippen molar-refractivity contribution in [1.82, 2.24) is 9.88 Å². The number of hydrogen-bond acceptors (Lipinski definition) is 6. The summed E-state index contributed by atoms with van der Waals surface area (Å²) in [7, 11) is -2.16. The van der Waals surface area contributed by atoms with E-state index in [0.29, 0.717) is 40.1 Å². The van der Waals surface area contributed by atoms with E-state index in [4.69, 9.17) is 4.99 Å². The van der Waals surface area contributed by atoms with Gasteiger partial charge in [-0.1, -0.05) is 62.4 Å². The molecular weight excluding hydrogens is 574 g/mol. The summed E-state index contributed by atoms with van der Waals surface area (Å²) in [5.74, 6) is -0.141. The standard InChI is InChI=1S/C34H35N5O4S/c1-4-39(5-2)23-31(40)38(3)27-18-16-25(17-19-27)35-33(24-12-8-6-9-13-24)32-29-22-28(20-21-30(29)36-34(32)41)44(42,43)37-26-14-10-7-11-15-26/h6-22,36-37,41H,4-5,23H2,1-3H3. The maximum Gasteiger partial charge on any atom is 0.261 e. The number of rotatable bonds is 11. The van der Waals surface area contributed by atoms with E-state index >= 15 is 0 Å². The first-order valence-electron chi connectivity index (χ1n) is 14.4. The lowest BCUT2D eigenvalue weighted by molar-refractivity contribution is -0.119. The highest BCUT2D eigenvalue weighted by atomic mass is 32.2. The van der Waals surface area contributed by atoms with Gasteiger partial charge in [-0.25, -0.2) is 13.4 Å². The van der Waals surface area contributed by atoms with Crippen LogP contribution in [0.2, 0.25) is 0 Å². The number of carbonyl (C=O) groups is 1. The van der Waals surface area contributed by atoms with Crippen LogP contribution in [0, 0.1) is 0 Å². The van der Waals surface area contributed by atoms with Gasteiger partial charge in [0.2, 0.25) is 5.91 Å². The fraction of sp³-hybridized carbons (Fsp3) is 0.176. The zero-order valence-electron chi connectivity index (χ0n) is 24.9. The Morgan fingerprint density at radius 1 is 0.886 bits per heavy atom. The van der Waals surface area contributed by atoms with E-state index in [0.717, 1.165) is 24.3 Å². The average Bonchev–Trinajstić information content (AvgIpc) is 3.37. The summed E-state index contributed by atoms with van der Waals surface area (Å²) >= 11 is 0. The lowest BCUT2D eigenvalue weighted by atomic mass is 10.0. The van der Waals surface area contributed by atoms with Gasteiger partial charge in [0.15, 0.2) is 5.88 Å². The molecular formula is C34H35N5O4S. The maximum absolute atomic E-state index is 13.3. The van der Waals surface area contributed by atoms with Crippen molar-refractivity contribution in [3.8, 4) is 5.88 Å². The number of aromatic hydroxyl groups is 1. The molecule has 0 radical (unpaired) electrons. The first kappa shape index (κ1) is 30.5. The molecule has 9 nitrogen and oxygen atoms in total. The Hall–Kier alpha value is -4.93. The highest BCUT2D eigenvalue weighted by molar-refractivity contribution is 7.92. The van der Waals surface area contributed by atoms with Gasteiger partial charge in [0.05, 0.1) is 28.4 Å². The average molecular weight is 610 g/mol. The summed E-state index contributed by atoms with van der Waals surface area (Å²) in [4.78, 5) is 24.4. The van der Waals surface area contributed by atoms with E-state index in [1.54, 1.807) is 42.3 Å². The Kier molecular flexibility index (Phi) is 9.12. The predicted octanol–water partition coefficient (Wildman–Crippen LogP) is 6.15. The van der Waals surface area contributed by atoms with E-state index in [2.05, 4.69) is 14.6 Å². The van der Waals surface area contributed by atoms with E-state index in [9.17, 15) is 18.3 Å². The summed E-state index contributed by atoms with van der Waals surface area (Å²) in [5, 5.41) is 11.6. The lowest BCUT2D eigenvalue weighted by Crippen LogP contribution is -2.38. The molecule has 44 heavy (non-hydrogen) atoms. The largest absolute Gasteiger partial charge is 0.494 e. The second-order valence-corrected chi connectivity index (χ2v) is 12.0. The number of aromatic amines is 1. The first-order valence-corrected chi connectivity index (χ1v) is 15.8. The van der Waals surface area contributed by atoms with Crippen LogP contribution >= 0.6 is 0 Å². The van der Waals surface area contributed by atoms with Crippen molar-refractivity contribution in [2.75, 3.05) is 36.3 Å². The van der Waals surface area contributed by atoms with Crippen molar-refractivity contribution in [3.63, 3.8) is 0 Å². The lowest BCUT2D eigenvalue weighted by Gasteiger charge is -2.23. The summed E-state index contributed by atoms with van der Waals surface area (Å²) in [6, 6.07) is 30.0. The number of benzene rings is 4. The normalized spacial score (nSPS) is 12.0. The van der Waals surface area contributed by atoms with E-state index in [1.165, 1.54) is 12.1 Å². The van der Waals surface area contributed by atoms with E-state index in [-0.39, 0.29) is 16.7 Å². The third-order valence-corrected chi connectivity index (χ3v) is 8.85. The highest BCUT2D eigenvalue weighted by Crippen LogP contribution is 2.33. The van der Waals surface area contributed by atoms with Crippen LogP contribution in [0.3, 0.4) is 0 Å². The van der Waals surface area contributed by atoms with Gasteiger partial charge in [-0.15, -0.1) is 0 Å². The van der Waals surface area contributed by atoms with Crippen LogP contribution in [-0.4, -0.2) is 61.7 Å². The van der Waals surface area contributed by atoms with Crippen molar-refractivity contribution in [2.45, 2.75) is 18.7 Å². The fourth-order valence-corrected chi connectivity index (χ4v) is 6.00. The van der Waals surface area contributed by atoms with Gasteiger partial charge in [0.1, 0.15) is 0 Å². The number of nitrogens with one attached hydrogen (secondary N) is 2. The molecule has 1 aromatic heterocycles. The quantitative estimate of drug-likeness (QED) is 0.155. The number of H-pyrrole nitrogens is 1. The molecule has 0 atom stereocenters. The zero-order valence-corrected chi connectivity index (χ0v) is 25.7. The van der Waals surface area contributed by atoms with Crippen molar-refractivity contribution in [2.24, 2.45) is 4.99 Å². The molecule has 1 heterocycles. The number of carbonyl (C=O) groups excluding carboxylic acids is 1. The number of sulfonamides is 1. The summed E-state index contributed by atoms with van der Waals surface area (Å²) in [6.45, 7) is 5.98. The minimum Gasteiger partial charge on any atom is -0.494 e. The number of aliphatic imine (C=N–C) groups is 1.